The van der Waals surface area contributed by atoms with Crippen molar-refractivity contribution in [1.82, 2.24) is 10.3 Å². The zero-order valence-corrected chi connectivity index (χ0v) is 23.2. The minimum Gasteiger partial charge on any atom is -0.454 e. The van der Waals surface area contributed by atoms with Crippen LogP contribution in [0.25, 0.3) is 22.0 Å². The fourth-order valence-corrected chi connectivity index (χ4v) is 4.85. The van der Waals surface area contributed by atoms with Gasteiger partial charge in [-0.25, -0.2) is 4.98 Å². The molecule has 12 heteroatoms. The SMILES string of the molecule is O=C(NCc1ccc(C(F)(F)F)cc1)c1cc(NCc2ccc(C(F)(F)F)cc2)nc2ccc(-c3ccc4c(c3)OCO4)cc12. The molecule has 0 spiro atoms. The van der Waals surface area contributed by atoms with Crippen LogP contribution in [0.15, 0.2) is 91.0 Å². The largest absolute Gasteiger partial charge is 0.454 e. The Morgan fingerprint density at radius 3 is 1.91 bits per heavy atom. The van der Waals surface area contributed by atoms with Gasteiger partial charge < -0.3 is 20.1 Å². The van der Waals surface area contributed by atoms with Crippen molar-refractivity contribution < 1.29 is 40.6 Å². The summed E-state index contributed by atoms with van der Waals surface area (Å²) in [5, 5.41) is 6.34. The van der Waals surface area contributed by atoms with Gasteiger partial charge in [0, 0.05) is 18.5 Å². The number of anilines is 1. The number of carbonyl (C=O) groups is 1. The lowest BCUT2D eigenvalue weighted by molar-refractivity contribution is -0.138. The standard InChI is InChI=1S/C33H23F6N3O3/c34-32(35,36)23-7-1-19(2-8-23)16-40-30-15-26(31(43)41-17-20-3-9-24(10-4-20)33(37,38)39)25-13-21(5-11-27(25)42-30)22-6-12-28-29(14-22)45-18-44-28/h1-15H,16-18H2,(H,40,42)(H,41,43). The Morgan fingerprint density at radius 2 is 1.27 bits per heavy atom. The Hall–Kier alpha value is -5.26. The molecular weight excluding hydrogens is 600 g/mol. The van der Waals surface area contributed by atoms with E-state index in [1.54, 1.807) is 18.2 Å². The van der Waals surface area contributed by atoms with Crippen LogP contribution < -0.4 is 20.1 Å². The van der Waals surface area contributed by atoms with Crippen LogP contribution in [0.5, 0.6) is 11.5 Å². The van der Waals surface area contributed by atoms with Crippen molar-refractivity contribution in [3.05, 3.63) is 119 Å². The second kappa shape index (κ2) is 11.7. The Morgan fingerprint density at radius 1 is 0.689 bits per heavy atom. The lowest BCUT2D eigenvalue weighted by Gasteiger charge is -2.14. The van der Waals surface area contributed by atoms with E-state index in [1.807, 2.05) is 18.2 Å². The van der Waals surface area contributed by atoms with Gasteiger partial charge >= 0.3 is 12.4 Å². The molecule has 0 aliphatic carbocycles. The molecule has 1 aliphatic heterocycles. The third-order valence-electron chi connectivity index (χ3n) is 7.25. The summed E-state index contributed by atoms with van der Waals surface area (Å²) in [5.74, 6) is 1.01. The molecule has 0 fully saturated rings. The average Bonchev–Trinajstić information content (AvgIpc) is 3.50. The van der Waals surface area contributed by atoms with Crippen molar-refractivity contribution in [3.63, 3.8) is 0 Å². The van der Waals surface area contributed by atoms with Gasteiger partial charge in [-0.3, -0.25) is 4.79 Å². The van der Waals surface area contributed by atoms with Crippen molar-refractivity contribution in [2.24, 2.45) is 0 Å². The van der Waals surface area contributed by atoms with Crippen molar-refractivity contribution >= 4 is 22.6 Å². The number of aromatic nitrogens is 1. The summed E-state index contributed by atoms with van der Waals surface area (Å²) in [6.07, 6.45) is -8.93. The fraction of sp³-hybridized carbons (Fsp3) is 0.152. The minimum absolute atomic E-state index is 0.0308. The number of amides is 1. The molecule has 2 N–H and O–H groups in total. The van der Waals surface area contributed by atoms with Crippen molar-refractivity contribution in [3.8, 4) is 22.6 Å². The summed E-state index contributed by atoms with van der Waals surface area (Å²) in [6.45, 7) is 0.224. The van der Waals surface area contributed by atoms with Crippen LogP contribution >= 0.6 is 0 Å². The molecule has 1 aliphatic rings. The van der Waals surface area contributed by atoms with Gasteiger partial charge in [0.15, 0.2) is 11.5 Å². The first kappa shape index (κ1) is 29.8. The molecule has 0 saturated carbocycles. The number of halogens is 6. The molecular formula is C33H23F6N3O3. The van der Waals surface area contributed by atoms with E-state index in [0.29, 0.717) is 39.3 Å². The Bertz CT molecular complexity index is 1870. The molecule has 1 amide bonds. The number of fused-ring (bicyclic) bond motifs is 2. The maximum absolute atomic E-state index is 13.5. The van der Waals surface area contributed by atoms with E-state index in [4.69, 9.17) is 9.47 Å². The molecule has 1 aromatic heterocycles. The zero-order valence-electron chi connectivity index (χ0n) is 23.2. The number of benzene rings is 4. The van der Waals surface area contributed by atoms with Crippen LogP contribution in [0, 0.1) is 0 Å². The molecule has 0 radical (unpaired) electrons. The van der Waals surface area contributed by atoms with Crippen LogP contribution in [0.1, 0.15) is 32.6 Å². The first-order valence-electron chi connectivity index (χ1n) is 13.6. The van der Waals surface area contributed by atoms with Gasteiger partial charge in [-0.1, -0.05) is 36.4 Å². The highest BCUT2D eigenvalue weighted by atomic mass is 19.4. The normalized spacial score (nSPS) is 12.8. The lowest BCUT2D eigenvalue weighted by atomic mass is 10.00. The molecule has 6 nitrogen and oxygen atoms in total. The van der Waals surface area contributed by atoms with Crippen LogP contribution in [0.2, 0.25) is 0 Å². The number of hydrogen-bond donors (Lipinski definition) is 2. The highest BCUT2D eigenvalue weighted by Crippen LogP contribution is 2.37. The van der Waals surface area contributed by atoms with Gasteiger partial charge in [0.2, 0.25) is 6.79 Å². The number of pyridine rings is 1. The van der Waals surface area contributed by atoms with E-state index < -0.39 is 29.4 Å². The van der Waals surface area contributed by atoms with Gasteiger partial charge in [0.05, 0.1) is 22.2 Å². The smallest absolute Gasteiger partial charge is 0.416 e. The topological polar surface area (TPSA) is 72.5 Å². The monoisotopic (exact) mass is 623 g/mol. The minimum atomic E-state index is -4.48. The van der Waals surface area contributed by atoms with E-state index >= 15 is 0 Å². The summed E-state index contributed by atoms with van der Waals surface area (Å²) < 4.78 is 88.6. The molecule has 0 saturated heterocycles. The number of nitrogens with one attached hydrogen (secondary N) is 2. The van der Waals surface area contributed by atoms with Gasteiger partial charge in [0.25, 0.3) is 5.91 Å². The highest BCUT2D eigenvalue weighted by Gasteiger charge is 2.30. The predicted octanol–water partition coefficient (Wildman–Crippen LogP) is 8.21. The Labute approximate surface area is 252 Å². The second-order valence-corrected chi connectivity index (χ2v) is 10.3. The molecule has 5 aromatic rings. The summed E-state index contributed by atoms with van der Waals surface area (Å²) in [5.41, 5.74) is 1.76. The van der Waals surface area contributed by atoms with Crippen LogP contribution in [0.3, 0.4) is 0 Å². The Kier molecular flexibility index (Phi) is 7.73. The van der Waals surface area contributed by atoms with Gasteiger partial charge in [-0.05, 0) is 76.9 Å². The number of rotatable bonds is 7. The maximum atomic E-state index is 13.5. The zero-order chi connectivity index (χ0) is 31.8. The summed E-state index contributed by atoms with van der Waals surface area (Å²) in [7, 11) is 0. The van der Waals surface area contributed by atoms with E-state index in [2.05, 4.69) is 15.6 Å². The molecule has 0 unspecified atom stereocenters. The predicted molar refractivity (Wildman–Crippen MR) is 155 cm³/mol. The Balaban J connectivity index is 1.29. The van der Waals surface area contributed by atoms with Crippen LogP contribution in [-0.2, 0) is 25.4 Å². The molecule has 0 atom stereocenters. The summed E-state index contributed by atoms with van der Waals surface area (Å²) >= 11 is 0. The quantitative estimate of drug-likeness (QED) is 0.179. The fourth-order valence-electron chi connectivity index (χ4n) is 4.85. The van der Waals surface area contributed by atoms with E-state index in [1.165, 1.54) is 30.3 Å². The molecule has 6 rings (SSSR count). The number of ether oxygens (including phenoxy) is 2. The number of hydrogen-bond acceptors (Lipinski definition) is 5. The number of carbonyl (C=O) groups excluding carboxylic acids is 1. The lowest BCUT2D eigenvalue weighted by Crippen LogP contribution is -2.23. The summed E-state index contributed by atoms with van der Waals surface area (Å²) in [4.78, 5) is 18.1. The van der Waals surface area contributed by atoms with Crippen LogP contribution in [0.4, 0.5) is 32.2 Å². The number of alkyl halides is 6. The van der Waals surface area contributed by atoms with Gasteiger partial charge in [0.1, 0.15) is 5.82 Å². The van der Waals surface area contributed by atoms with E-state index in [-0.39, 0.29) is 25.4 Å². The van der Waals surface area contributed by atoms with Crippen LogP contribution in [-0.4, -0.2) is 17.7 Å². The summed E-state index contributed by atoms with van der Waals surface area (Å²) in [6, 6.07) is 21.5. The second-order valence-electron chi connectivity index (χ2n) is 10.3. The molecule has 2 heterocycles. The molecule has 230 valence electrons. The van der Waals surface area contributed by atoms with Crippen molar-refractivity contribution in [2.45, 2.75) is 25.4 Å². The highest BCUT2D eigenvalue weighted by molar-refractivity contribution is 6.08. The molecule has 45 heavy (non-hydrogen) atoms. The van der Waals surface area contributed by atoms with Gasteiger partial charge in [-0.2, -0.15) is 26.3 Å². The first-order valence-corrected chi connectivity index (χ1v) is 13.6. The van der Waals surface area contributed by atoms with Gasteiger partial charge in [-0.15, -0.1) is 0 Å². The average molecular weight is 624 g/mol. The first-order chi connectivity index (χ1) is 21.4. The number of nitrogens with zero attached hydrogens (tertiary/aromatic N) is 1. The molecule has 4 aromatic carbocycles. The van der Waals surface area contributed by atoms with Crippen molar-refractivity contribution in [1.29, 1.82) is 0 Å². The maximum Gasteiger partial charge on any atom is 0.416 e. The van der Waals surface area contributed by atoms with E-state index in [0.717, 1.165) is 35.4 Å². The third-order valence-corrected chi connectivity index (χ3v) is 7.25. The van der Waals surface area contributed by atoms with E-state index in [9.17, 15) is 31.1 Å². The van der Waals surface area contributed by atoms with Crippen molar-refractivity contribution in [2.75, 3.05) is 12.1 Å². The molecule has 0 bridgehead atoms. The third kappa shape index (κ3) is 6.64.